The van der Waals surface area contributed by atoms with Crippen LogP contribution in [0.15, 0.2) is 18.2 Å². The van der Waals surface area contributed by atoms with Gasteiger partial charge in [0.25, 0.3) is 0 Å². The Balaban J connectivity index is 1.98. The molecule has 1 heterocycles. The molecule has 1 aliphatic rings. The van der Waals surface area contributed by atoms with Gasteiger partial charge in [0, 0.05) is 30.3 Å². The van der Waals surface area contributed by atoms with E-state index < -0.39 is 0 Å². The van der Waals surface area contributed by atoms with E-state index in [4.69, 9.17) is 11.6 Å². The fourth-order valence-electron chi connectivity index (χ4n) is 2.68. The first-order chi connectivity index (χ1) is 9.24. The molecule has 19 heavy (non-hydrogen) atoms. The van der Waals surface area contributed by atoms with Crippen LogP contribution in [0.5, 0.6) is 0 Å². The smallest absolute Gasteiger partial charge is 0.0471 e. The minimum atomic E-state index is 0.852. The van der Waals surface area contributed by atoms with E-state index >= 15 is 0 Å². The van der Waals surface area contributed by atoms with Crippen LogP contribution in [0.3, 0.4) is 0 Å². The van der Waals surface area contributed by atoms with Crippen molar-refractivity contribution in [3.05, 3.63) is 28.8 Å². The molecule has 2 rings (SSSR count). The van der Waals surface area contributed by atoms with E-state index in [1.54, 1.807) is 0 Å². The number of nitrogens with one attached hydrogen (secondary N) is 1. The van der Waals surface area contributed by atoms with E-state index in [9.17, 15) is 0 Å². The molecule has 0 amide bonds. The molecule has 0 radical (unpaired) electrons. The lowest BCUT2D eigenvalue weighted by atomic mass is 10.1. The second-order valence-electron chi connectivity index (χ2n) is 5.46. The molecular weight excluding hydrogens is 256 g/mol. The Morgan fingerprint density at radius 2 is 2.21 bits per heavy atom. The molecule has 0 spiro atoms. The number of hydrogen-bond donors (Lipinski definition) is 1. The van der Waals surface area contributed by atoms with Gasteiger partial charge in [0.15, 0.2) is 0 Å². The van der Waals surface area contributed by atoms with Crippen LogP contribution in [-0.2, 0) is 6.54 Å². The molecule has 1 unspecified atom stereocenters. The van der Waals surface area contributed by atoms with Gasteiger partial charge in [-0.3, -0.25) is 0 Å². The van der Waals surface area contributed by atoms with E-state index in [1.165, 1.54) is 37.2 Å². The Labute approximate surface area is 122 Å². The molecule has 106 valence electrons. The highest BCUT2D eigenvalue weighted by molar-refractivity contribution is 6.31. The summed E-state index contributed by atoms with van der Waals surface area (Å²) >= 11 is 6.39. The molecule has 2 nitrogen and oxygen atoms in total. The Bertz CT molecular complexity index is 406. The second-order valence-corrected chi connectivity index (χ2v) is 5.87. The largest absolute Gasteiger partial charge is 0.371 e. The van der Waals surface area contributed by atoms with Gasteiger partial charge < -0.3 is 10.2 Å². The number of halogens is 1. The summed E-state index contributed by atoms with van der Waals surface area (Å²) in [6.07, 6.45) is 3.75. The minimum absolute atomic E-state index is 0.852. The first-order valence-electron chi connectivity index (χ1n) is 7.48. The molecule has 0 aromatic heterocycles. The summed E-state index contributed by atoms with van der Waals surface area (Å²) in [5, 5.41) is 4.29. The number of anilines is 1. The molecule has 1 saturated heterocycles. The predicted molar refractivity (Wildman–Crippen MR) is 84.1 cm³/mol. The molecule has 3 heteroatoms. The number of nitrogens with zero attached hydrogens (tertiary/aromatic N) is 1. The quantitative estimate of drug-likeness (QED) is 0.790. The number of hydrogen-bond acceptors (Lipinski definition) is 2. The van der Waals surface area contributed by atoms with Gasteiger partial charge in [0.2, 0.25) is 0 Å². The monoisotopic (exact) mass is 280 g/mol. The lowest BCUT2D eigenvalue weighted by molar-refractivity contribution is 0.569. The summed E-state index contributed by atoms with van der Waals surface area (Å²) in [7, 11) is 0. The molecular formula is C16H25ClN2. The molecule has 0 bridgehead atoms. The summed E-state index contributed by atoms with van der Waals surface area (Å²) in [6, 6.07) is 6.51. The van der Waals surface area contributed by atoms with Crippen molar-refractivity contribution in [1.82, 2.24) is 5.32 Å². The Kier molecular flexibility index (Phi) is 5.53. The number of benzene rings is 1. The third-order valence-corrected chi connectivity index (χ3v) is 4.36. The Morgan fingerprint density at radius 1 is 1.37 bits per heavy atom. The van der Waals surface area contributed by atoms with Crippen LogP contribution in [0.4, 0.5) is 5.69 Å². The van der Waals surface area contributed by atoms with Crippen LogP contribution in [0.1, 0.15) is 38.7 Å². The van der Waals surface area contributed by atoms with Crippen LogP contribution in [-0.4, -0.2) is 19.6 Å². The van der Waals surface area contributed by atoms with E-state index in [1.807, 2.05) is 0 Å². The van der Waals surface area contributed by atoms with Gasteiger partial charge in [-0.05, 0) is 43.0 Å². The number of rotatable bonds is 6. The first-order valence-corrected chi connectivity index (χ1v) is 7.86. The molecule has 1 atom stereocenters. The van der Waals surface area contributed by atoms with Crippen LogP contribution in [0.25, 0.3) is 0 Å². The second kappa shape index (κ2) is 7.16. The lowest BCUT2D eigenvalue weighted by Gasteiger charge is -2.19. The SMILES string of the molecule is CCCNCc1ccc(N2CCC(CC)C2)cc1Cl. The van der Waals surface area contributed by atoms with Gasteiger partial charge in [-0.2, -0.15) is 0 Å². The van der Waals surface area contributed by atoms with Crippen LogP contribution in [0.2, 0.25) is 5.02 Å². The maximum absolute atomic E-state index is 6.39. The molecule has 0 aliphatic carbocycles. The molecule has 1 aromatic carbocycles. The van der Waals surface area contributed by atoms with Crippen molar-refractivity contribution >= 4 is 17.3 Å². The molecule has 1 fully saturated rings. The highest BCUT2D eigenvalue weighted by Gasteiger charge is 2.21. The van der Waals surface area contributed by atoms with E-state index in [0.717, 1.165) is 30.5 Å². The summed E-state index contributed by atoms with van der Waals surface area (Å²) in [5.41, 5.74) is 2.48. The zero-order valence-electron chi connectivity index (χ0n) is 12.1. The zero-order chi connectivity index (χ0) is 13.7. The Hall–Kier alpha value is -0.730. The topological polar surface area (TPSA) is 15.3 Å². The molecule has 0 saturated carbocycles. The van der Waals surface area contributed by atoms with Crippen molar-refractivity contribution in [2.75, 3.05) is 24.5 Å². The fraction of sp³-hybridized carbons (Fsp3) is 0.625. The van der Waals surface area contributed by atoms with Crippen molar-refractivity contribution in [2.24, 2.45) is 5.92 Å². The highest BCUT2D eigenvalue weighted by Crippen LogP contribution is 2.29. The van der Waals surface area contributed by atoms with Gasteiger partial charge in [-0.25, -0.2) is 0 Å². The highest BCUT2D eigenvalue weighted by atomic mass is 35.5. The third kappa shape index (κ3) is 3.87. The van der Waals surface area contributed by atoms with Crippen LogP contribution >= 0.6 is 11.6 Å². The normalized spacial score (nSPS) is 19.1. The summed E-state index contributed by atoms with van der Waals surface area (Å²) in [6.45, 7) is 8.72. The third-order valence-electron chi connectivity index (χ3n) is 4.01. The van der Waals surface area contributed by atoms with Crippen LogP contribution in [0, 0.1) is 5.92 Å². The van der Waals surface area contributed by atoms with Crippen molar-refractivity contribution in [2.45, 2.75) is 39.7 Å². The first kappa shape index (κ1) is 14.7. The fourth-order valence-corrected chi connectivity index (χ4v) is 2.92. The van der Waals surface area contributed by atoms with Crippen molar-refractivity contribution < 1.29 is 0 Å². The summed E-state index contributed by atoms with van der Waals surface area (Å²) < 4.78 is 0. The van der Waals surface area contributed by atoms with Gasteiger partial charge in [0.05, 0.1) is 0 Å². The van der Waals surface area contributed by atoms with E-state index in [-0.39, 0.29) is 0 Å². The van der Waals surface area contributed by atoms with Crippen LogP contribution < -0.4 is 10.2 Å². The Morgan fingerprint density at radius 3 is 2.84 bits per heavy atom. The predicted octanol–water partition coefficient (Wildman–Crippen LogP) is 4.08. The van der Waals surface area contributed by atoms with E-state index in [2.05, 4.69) is 42.3 Å². The zero-order valence-corrected chi connectivity index (χ0v) is 12.8. The molecule has 1 aliphatic heterocycles. The van der Waals surface area contributed by atoms with Gasteiger partial charge in [-0.15, -0.1) is 0 Å². The standard InChI is InChI=1S/C16H25ClN2/c1-3-8-18-11-14-5-6-15(10-16(14)17)19-9-7-13(4-2)12-19/h5-6,10,13,18H,3-4,7-9,11-12H2,1-2H3. The average molecular weight is 281 g/mol. The van der Waals surface area contributed by atoms with Crippen molar-refractivity contribution in [3.8, 4) is 0 Å². The molecule has 1 aromatic rings. The summed E-state index contributed by atoms with van der Waals surface area (Å²) in [5.74, 6) is 0.852. The van der Waals surface area contributed by atoms with E-state index in [0.29, 0.717) is 0 Å². The van der Waals surface area contributed by atoms with Crippen molar-refractivity contribution in [1.29, 1.82) is 0 Å². The minimum Gasteiger partial charge on any atom is -0.371 e. The lowest BCUT2D eigenvalue weighted by Crippen LogP contribution is -2.19. The maximum atomic E-state index is 6.39. The summed E-state index contributed by atoms with van der Waals surface area (Å²) in [4.78, 5) is 2.46. The van der Waals surface area contributed by atoms with Gasteiger partial charge in [0.1, 0.15) is 0 Å². The van der Waals surface area contributed by atoms with Gasteiger partial charge in [-0.1, -0.05) is 37.9 Å². The van der Waals surface area contributed by atoms with Gasteiger partial charge >= 0.3 is 0 Å². The maximum Gasteiger partial charge on any atom is 0.0471 e. The molecule has 1 N–H and O–H groups in total. The average Bonchev–Trinajstić information content (AvgIpc) is 2.89. The van der Waals surface area contributed by atoms with Crippen molar-refractivity contribution in [3.63, 3.8) is 0 Å².